The number of carbonyl (C=O) groups is 1. The molecule has 0 aliphatic carbocycles. The molecule has 0 unspecified atom stereocenters. The second-order valence-corrected chi connectivity index (χ2v) is 6.37. The van der Waals surface area contributed by atoms with Crippen LogP contribution in [0.2, 0.25) is 0 Å². The minimum atomic E-state index is -0.192. The number of rotatable bonds is 5. The van der Waals surface area contributed by atoms with Gasteiger partial charge in [-0.15, -0.1) is 5.10 Å². The Morgan fingerprint density at radius 1 is 1.00 bits per heavy atom. The second kappa shape index (κ2) is 7.79. The zero-order valence-corrected chi connectivity index (χ0v) is 15.0. The van der Waals surface area contributed by atoms with Gasteiger partial charge in [0.2, 0.25) is 6.54 Å². The summed E-state index contributed by atoms with van der Waals surface area (Å²) in [6, 6.07) is 20.1. The molecular weight excluding hydrogens is 354 g/mol. The van der Waals surface area contributed by atoms with Gasteiger partial charge >= 0.3 is 0 Å². The summed E-state index contributed by atoms with van der Waals surface area (Å²) >= 11 is 0. The predicted octanol–water partition coefficient (Wildman–Crippen LogP) is 1.77. The van der Waals surface area contributed by atoms with E-state index in [-0.39, 0.29) is 24.6 Å². The number of benzene rings is 2. The van der Waals surface area contributed by atoms with E-state index < -0.39 is 0 Å². The van der Waals surface area contributed by atoms with Gasteiger partial charge in [-0.1, -0.05) is 35.5 Å². The lowest BCUT2D eigenvalue weighted by atomic mass is 10.2. The van der Waals surface area contributed by atoms with Crippen LogP contribution < -0.4 is 15.4 Å². The van der Waals surface area contributed by atoms with Crippen LogP contribution in [-0.2, 0) is 17.9 Å². The number of aromatic nitrogens is 4. The van der Waals surface area contributed by atoms with E-state index in [1.807, 2.05) is 60.9 Å². The van der Waals surface area contributed by atoms with Crippen LogP contribution in [0.1, 0.15) is 5.56 Å². The topological polar surface area (TPSA) is 80.8 Å². The first-order chi connectivity index (χ1) is 13.7. The van der Waals surface area contributed by atoms with Crippen molar-refractivity contribution in [3.05, 3.63) is 95.0 Å². The van der Waals surface area contributed by atoms with E-state index in [4.69, 9.17) is 0 Å². The third-order valence-electron chi connectivity index (χ3n) is 4.26. The van der Waals surface area contributed by atoms with Crippen molar-refractivity contribution in [2.45, 2.75) is 13.1 Å². The van der Waals surface area contributed by atoms with Gasteiger partial charge in [0.05, 0.1) is 11.9 Å². The van der Waals surface area contributed by atoms with Gasteiger partial charge in [-0.05, 0) is 30.3 Å². The molecule has 0 bridgehead atoms. The number of fused-ring (bicyclic) bond motifs is 1. The Bertz CT molecular complexity index is 1190. The molecule has 0 radical (unpaired) electrons. The molecule has 7 nitrogen and oxygen atoms in total. The van der Waals surface area contributed by atoms with E-state index in [2.05, 4.69) is 15.6 Å². The van der Waals surface area contributed by atoms with Crippen molar-refractivity contribution in [3.8, 4) is 0 Å². The number of pyridine rings is 1. The minimum absolute atomic E-state index is 0.129. The molecule has 2 heterocycles. The van der Waals surface area contributed by atoms with Crippen molar-refractivity contribution in [1.82, 2.24) is 15.0 Å². The van der Waals surface area contributed by atoms with Crippen molar-refractivity contribution >= 4 is 22.5 Å². The van der Waals surface area contributed by atoms with E-state index in [9.17, 15) is 9.59 Å². The molecule has 0 spiro atoms. The second-order valence-electron chi connectivity index (χ2n) is 6.37. The number of hydrogen-bond donors (Lipinski definition) is 1. The van der Waals surface area contributed by atoms with Gasteiger partial charge in [-0.2, -0.15) is 4.57 Å². The summed E-state index contributed by atoms with van der Waals surface area (Å²) in [5.74, 6) is -0.129. The maximum absolute atomic E-state index is 12.6. The molecule has 1 amide bonds. The van der Waals surface area contributed by atoms with Crippen molar-refractivity contribution < 1.29 is 9.36 Å². The molecule has 2 aromatic carbocycles. The van der Waals surface area contributed by atoms with Gasteiger partial charge in [0.25, 0.3) is 11.5 Å². The van der Waals surface area contributed by atoms with Crippen LogP contribution in [0.4, 0.5) is 5.69 Å². The van der Waals surface area contributed by atoms with Crippen molar-refractivity contribution in [2.24, 2.45) is 0 Å². The van der Waals surface area contributed by atoms with Crippen molar-refractivity contribution in [2.75, 3.05) is 5.32 Å². The standard InChI is InChI=1S/C21H17N5O2/c27-20(22-17-8-2-1-3-9-17)15-25-12-6-7-16(13-25)14-26-21(28)18-10-4-5-11-19(18)23-24-26/h1-13H,14-15H2/p+1. The average molecular weight is 372 g/mol. The minimum Gasteiger partial charge on any atom is -0.321 e. The van der Waals surface area contributed by atoms with Crippen LogP contribution in [-0.4, -0.2) is 20.9 Å². The predicted molar refractivity (Wildman–Crippen MR) is 105 cm³/mol. The maximum Gasteiger partial charge on any atom is 0.290 e. The summed E-state index contributed by atoms with van der Waals surface area (Å²) in [6.07, 6.45) is 3.64. The number of amides is 1. The molecule has 0 fully saturated rings. The molecule has 1 N–H and O–H groups in total. The molecule has 0 aliphatic heterocycles. The Hall–Kier alpha value is -3.87. The zero-order valence-electron chi connectivity index (χ0n) is 15.0. The van der Waals surface area contributed by atoms with E-state index in [0.717, 1.165) is 11.3 Å². The van der Waals surface area contributed by atoms with Gasteiger partial charge in [-0.3, -0.25) is 9.59 Å². The van der Waals surface area contributed by atoms with Gasteiger partial charge < -0.3 is 5.32 Å². The average Bonchev–Trinajstić information content (AvgIpc) is 2.71. The Kier molecular flexibility index (Phi) is 4.88. The summed E-state index contributed by atoms with van der Waals surface area (Å²) < 4.78 is 3.10. The highest BCUT2D eigenvalue weighted by Crippen LogP contribution is 2.06. The van der Waals surface area contributed by atoms with Crippen LogP contribution in [0.15, 0.2) is 83.9 Å². The van der Waals surface area contributed by atoms with E-state index >= 15 is 0 Å². The lowest BCUT2D eigenvalue weighted by Gasteiger charge is -2.05. The normalized spacial score (nSPS) is 10.7. The fourth-order valence-electron chi connectivity index (χ4n) is 2.96. The number of nitrogens with zero attached hydrogens (tertiary/aromatic N) is 4. The molecule has 4 aromatic rings. The number of carbonyl (C=O) groups excluding carboxylic acids is 1. The Morgan fingerprint density at radius 2 is 1.79 bits per heavy atom. The van der Waals surface area contributed by atoms with E-state index in [0.29, 0.717) is 10.9 Å². The number of anilines is 1. The fraction of sp³-hybridized carbons (Fsp3) is 0.0952. The van der Waals surface area contributed by atoms with Crippen molar-refractivity contribution in [1.29, 1.82) is 0 Å². The first kappa shape index (κ1) is 17.5. The fourth-order valence-corrected chi connectivity index (χ4v) is 2.96. The molecule has 2 aromatic heterocycles. The van der Waals surface area contributed by atoms with E-state index in [1.54, 1.807) is 22.8 Å². The third kappa shape index (κ3) is 3.93. The zero-order chi connectivity index (χ0) is 19.3. The Morgan fingerprint density at radius 3 is 2.64 bits per heavy atom. The van der Waals surface area contributed by atoms with Crippen molar-refractivity contribution in [3.63, 3.8) is 0 Å². The summed E-state index contributed by atoms with van der Waals surface area (Å²) in [4.78, 5) is 24.8. The quantitative estimate of drug-likeness (QED) is 0.542. The molecule has 0 saturated heterocycles. The highest BCUT2D eigenvalue weighted by atomic mass is 16.2. The van der Waals surface area contributed by atoms with Crippen LogP contribution in [0.25, 0.3) is 10.9 Å². The number of nitrogens with one attached hydrogen (secondary N) is 1. The molecule has 0 atom stereocenters. The summed E-state index contributed by atoms with van der Waals surface area (Å²) in [6.45, 7) is 0.443. The molecule has 0 saturated carbocycles. The lowest BCUT2D eigenvalue weighted by Crippen LogP contribution is -2.40. The Labute approximate surface area is 160 Å². The largest absolute Gasteiger partial charge is 0.321 e. The number of hydrogen-bond acceptors (Lipinski definition) is 4. The van der Waals surface area contributed by atoms with Crippen LogP contribution in [0.5, 0.6) is 0 Å². The molecule has 4 rings (SSSR count). The van der Waals surface area contributed by atoms with Gasteiger partial charge in [0.1, 0.15) is 5.52 Å². The molecular formula is C21H18N5O2+. The highest BCUT2D eigenvalue weighted by molar-refractivity contribution is 5.89. The smallest absolute Gasteiger partial charge is 0.290 e. The van der Waals surface area contributed by atoms with E-state index in [1.165, 1.54) is 4.68 Å². The third-order valence-corrected chi connectivity index (χ3v) is 4.26. The lowest BCUT2D eigenvalue weighted by molar-refractivity contribution is -0.684. The summed E-state index contributed by atoms with van der Waals surface area (Å²) in [7, 11) is 0. The summed E-state index contributed by atoms with van der Waals surface area (Å²) in [5.41, 5.74) is 1.98. The molecule has 7 heteroatoms. The van der Waals surface area contributed by atoms with Crippen LogP contribution in [0, 0.1) is 0 Å². The van der Waals surface area contributed by atoms with Gasteiger partial charge in [-0.25, -0.2) is 4.68 Å². The van der Waals surface area contributed by atoms with Crippen LogP contribution in [0.3, 0.4) is 0 Å². The van der Waals surface area contributed by atoms with Gasteiger partial charge in [0, 0.05) is 17.3 Å². The monoisotopic (exact) mass is 372 g/mol. The highest BCUT2D eigenvalue weighted by Gasteiger charge is 2.12. The summed E-state index contributed by atoms with van der Waals surface area (Å²) in [5, 5.41) is 11.5. The molecule has 28 heavy (non-hydrogen) atoms. The number of para-hydroxylation sites is 1. The van der Waals surface area contributed by atoms with Crippen LogP contribution >= 0.6 is 0 Å². The molecule has 138 valence electrons. The molecule has 0 aliphatic rings. The SMILES string of the molecule is O=C(C[n+]1cccc(Cn2nnc3ccccc3c2=O)c1)Nc1ccccc1. The first-order valence-electron chi connectivity index (χ1n) is 8.84. The Balaban J connectivity index is 1.50. The first-order valence-corrected chi connectivity index (χ1v) is 8.84. The van der Waals surface area contributed by atoms with Gasteiger partial charge in [0.15, 0.2) is 12.4 Å². The maximum atomic E-state index is 12.6.